The first kappa shape index (κ1) is 52.4. The van der Waals surface area contributed by atoms with Gasteiger partial charge in [0.05, 0.1) is 18.9 Å². The minimum atomic E-state index is -1.29. The molecule has 2 aromatic heterocycles. The second kappa shape index (κ2) is 26.1. The number of nitrogens with two attached hydrogens (primary N) is 2. The van der Waals surface area contributed by atoms with Gasteiger partial charge in [-0.2, -0.15) is 11.8 Å². The maximum atomic E-state index is 14.0. The SMILES string of the molecule is CSCC[C@H](NC(=O)[C@H](Cc1ccccc1)NC(=O)[C@H](Cc1cnc[nH]1)NC(=O)CNC(=O)[C@H](Cc1ccccc1)NC(=O)[C@H](C)NC(=O)[C@H](Cc1c[nH]c2ccccc12)NC(=O)[C@H](C)N)C(N)=O. The molecule has 69 heavy (non-hydrogen) atoms. The molecule has 0 aliphatic rings. The van der Waals surface area contributed by atoms with E-state index in [0.29, 0.717) is 22.6 Å². The molecule has 7 atom stereocenters. The van der Waals surface area contributed by atoms with Crippen LogP contribution in [-0.4, -0.2) is 123 Å². The maximum Gasteiger partial charge on any atom is 0.243 e. The molecular weight excluding hydrogens is 905 g/mol. The number of nitrogens with one attached hydrogen (secondary N) is 9. The van der Waals surface area contributed by atoms with Crippen LogP contribution in [-0.2, 0) is 64.0 Å². The van der Waals surface area contributed by atoms with Crippen LogP contribution in [0.15, 0.2) is 104 Å². The van der Waals surface area contributed by atoms with Gasteiger partial charge < -0.3 is 58.7 Å². The van der Waals surface area contributed by atoms with Crippen molar-refractivity contribution in [1.29, 1.82) is 0 Å². The first-order chi connectivity index (χ1) is 33.1. The highest BCUT2D eigenvalue weighted by atomic mass is 32.2. The Hall–Kier alpha value is -7.52. The Morgan fingerprint density at radius 3 is 1.74 bits per heavy atom. The largest absolute Gasteiger partial charge is 0.368 e. The Kier molecular flexibility index (Phi) is 19.9. The van der Waals surface area contributed by atoms with Crippen LogP contribution in [0.3, 0.4) is 0 Å². The van der Waals surface area contributed by atoms with Crippen LogP contribution in [0.25, 0.3) is 10.9 Å². The number of imidazole rings is 1. The number of carbonyl (C=O) groups excluding carboxylic acids is 8. The number of hydrogen-bond donors (Lipinski definition) is 11. The molecule has 0 bridgehead atoms. The van der Waals surface area contributed by atoms with E-state index in [2.05, 4.69) is 52.2 Å². The zero-order valence-corrected chi connectivity index (χ0v) is 39.4. The Morgan fingerprint density at radius 1 is 0.609 bits per heavy atom. The number of thioether (sulfide) groups is 1. The topological polar surface area (TPSA) is 317 Å². The molecule has 2 heterocycles. The molecule has 21 heteroatoms. The maximum absolute atomic E-state index is 14.0. The van der Waals surface area contributed by atoms with E-state index in [0.717, 1.165) is 16.5 Å². The highest BCUT2D eigenvalue weighted by Gasteiger charge is 2.32. The monoisotopic (exact) mass is 964 g/mol. The first-order valence-corrected chi connectivity index (χ1v) is 23.7. The van der Waals surface area contributed by atoms with Crippen LogP contribution in [0.1, 0.15) is 42.7 Å². The molecule has 366 valence electrons. The molecule has 0 aliphatic carbocycles. The molecule has 5 rings (SSSR count). The fraction of sp³-hybridized carbons (Fsp3) is 0.354. The third-order valence-electron chi connectivity index (χ3n) is 11.1. The number of aromatic amines is 2. The summed E-state index contributed by atoms with van der Waals surface area (Å²) in [6, 6.07) is 17.2. The summed E-state index contributed by atoms with van der Waals surface area (Å²) in [6.45, 7) is 2.28. The van der Waals surface area contributed by atoms with Crippen molar-refractivity contribution in [1.82, 2.24) is 52.2 Å². The van der Waals surface area contributed by atoms with Gasteiger partial charge in [0.2, 0.25) is 47.3 Å². The highest BCUT2D eigenvalue weighted by molar-refractivity contribution is 7.98. The van der Waals surface area contributed by atoms with Crippen LogP contribution in [0.4, 0.5) is 0 Å². The second-order valence-corrected chi connectivity index (χ2v) is 17.5. The number of fused-ring (bicyclic) bond motifs is 1. The van der Waals surface area contributed by atoms with Gasteiger partial charge in [-0.25, -0.2) is 4.98 Å². The number of para-hydroxylation sites is 1. The van der Waals surface area contributed by atoms with Gasteiger partial charge >= 0.3 is 0 Å². The molecule has 0 radical (unpaired) electrons. The molecule has 0 saturated heterocycles. The fourth-order valence-corrected chi connectivity index (χ4v) is 7.73. The molecule has 3 aromatic carbocycles. The molecular formula is C48H60N12O8S. The van der Waals surface area contributed by atoms with Crippen molar-refractivity contribution in [2.45, 2.75) is 88.2 Å². The van der Waals surface area contributed by atoms with Gasteiger partial charge in [0, 0.05) is 54.7 Å². The van der Waals surface area contributed by atoms with Crippen LogP contribution in [0, 0.1) is 0 Å². The highest BCUT2D eigenvalue weighted by Crippen LogP contribution is 2.19. The first-order valence-electron chi connectivity index (χ1n) is 22.3. The Bertz CT molecular complexity index is 2520. The number of hydrogen-bond acceptors (Lipinski definition) is 11. The number of rotatable bonds is 26. The lowest BCUT2D eigenvalue weighted by Crippen LogP contribution is -2.59. The number of aromatic nitrogens is 3. The van der Waals surface area contributed by atoms with Crippen LogP contribution >= 0.6 is 11.8 Å². The van der Waals surface area contributed by atoms with Crippen molar-refractivity contribution in [2.24, 2.45) is 11.5 Å². The van der Waals surface area contributed by atoms with E-state index in [1.54, 1.807) is 66.9 Å². The van der Waals surface area contributed by atoms with Crippen molar-refractivity contribution in [3.63, 3.8) is 0 Å². The Morgan fingerprint density at radius 2 is 1.14 bits per heavy atom. The van der Waals surface area contributed by atoms with E-state index in [4.69, 9.17) is 11.5 Å². The zero-order valence-electron chi connectivity index (χ0n) is 38.6. The second-order valence-electron chi connectivity index (χ2n) is 16.5. The van der Waals surface area contributed by atoms with Crippen LogP contribution in [0.2, 0.25) is 0 Å². The summed E-state index contributed by atoms with van der Waals surface area (Å²) in [4.78, 5) is 118. The lowest BCUT2D eigenvalue weighted by Gasteiger charge is -2.25. The zero-order chi connectivity index (χ0) is 49.9. The van der Waals surface area contributed by atoms with E-state index < -0.39 is 96.1 Å². The molecule has 20 nitrogen and oxygen atoms in total. The molecule has 5 aromatic rings. The quantitative estimate of drug-likeness (QED) is 0.0345. The van der Waals surface area contributed by atoms with Gasteiger partial charge in [-0.3, -0.25) is 38.4 Å². The average molecular weight is 965 g/mol. The summed E-state index contributed by atoms with van der Waals surface area (Å²) >= 11 is 1.47. The predicted octanol–water partition coefficient (Wildman–Crippen LogP) is -0.208. The predicted molar refractivity (Wildman–Crippen MR) is 261 cm³/mol. The molecule has 0 saturated carbocycles. The summed E-state index contributed by atoms with van der Waals surface area (Å²) in [7, 11) is 0. The van der Waals surface area contributed by atoms with E-state index in [-0.39, 0.29) is 32.1 Å². The Balaban J connectivity index is 1.27. The minimum Gasteiger partial charge on any atom is -0.368 e. The molecule has 8 amide bonds. The van der Waals surface area contributed by atoms with Gasteiger partial charge in [-0.1, -0.05) is 78.9 Å². The van der Waals surface area contributed by atoms with Gasteiger partial charge in [-0.05, 0) is 55.0 Å². The van der Waals surface area contributed by atoms with Crippen molar-refractivity contribution in [3.8, 4) is 0 Å². The van der Waals surface area contributed by atoms with Gasteiger partial charge in [-0.15, -0.1) is 0 Å². The van der Waals surface area contributed by atoms with Crippen LogP contribution < -0.4 is 48.7 Å². The molecule has 0 unspecified atom stereocenters. The fourth-order valence-electron chi connectivity index (χ4n) is 7.25. The van der Waals surface area contributed by atoms with Crippen molar-refractivity contribution < 1.29 is 38.4 Å². The van der Waals surface area contributed by atoms with Crippen molar-refractivity contribution >= 4 is 69.9 Å². The minimum absolute atomic E-state index is 0.00204. The van der Waals surface area contributed by atoms with E-state index in [1.165, 1.54) is 38.1 Å². The summed E-state index contributed by atoms with van der Waals surface area (Å²) in [6.07, 6.45) is 6.75. The number of amides is 8. The standard InChI is InChI=1S/C48H60N12O8S/c1-28(49)43(63)58-39(22-32-24-52-35-17-11-10-16-34(32)35)46(66)55-29(2)44(64)59-37(20-30-12-6-4-7-13-30)45(65)53-26-41(61)56-40(23-33-25-51-27-54-33)48(68)60-38(21-31-14-8-5-9-15-31)47(67)57-36(42(50)62)18-19-69-3/h4-17,24-25,27-29,36-40,52H,18-23,26,49H2,1-3H3,(H2,50,62)(H,51,54)(H,53,65)(H,55,66)(H,56,61)(H,57,67)(H,58,63)(H,59,64)(H,60,68)/t28-,29-,36-,37-,38-,39-,40-/m0/s1. The van der Waals surface area contributed by atoms with E-state index in [1.807, 2.05) is 30.5 Å². The number of primary amides is 1. The van der Waals surface area contributed by atoms with Gasteiger partial charge in [0.15, 0.2) is 0 Å². The van der Waals surface area contributed by atoms with Crippen LogP contribution in [0.5, 0.6) is 0 Å². The number of carbonyl (C=O) groups is 8. The van der Waals surface area contributed by atoms with Crippen molar-refractivity contribution in [2.75, 3.05) is 18.6 Å². The number of nitrogens with zero attached hydrogens (tertiary/aromatic N) is 1. The summed E-state index contributed by atoms with van der Waals surface area (Å²) in [5, 5.41) is 19.4. The summed E-state index contributed by atoms with van der Waals surface area (Å²) < 4.78 is 0. The summed E-state index contributed by atoms with van der Waals surface area (Å²) in [5.74, 6) is -5.09. The van der Waals surface area contributed by atoms with Crippen molar-refractivity contribution in [3.05, 3.63) is 126 Å². The lowest BCUT2D eigenvalue weighted by atomic mass is 10.0. The van der Waals surface area contributed by atoms with Gasteiger partial charge in [0.1, 0.15) is 36.3 Å². The number of benzene rings is 3. The Labute approximate surface area is 403 Å². The smallest absolute Gasteiger partial charge is 0.243 e. The average Bonchev–Trinajstić information content (AvgIpc) is 4.01. The molecule has 13 N–H and O–H groups in total. The third kappa shape index (κ3) is 16.3. The molecule has 0 aliphatic heterocycles. The normalized spacial score (nSPS) is 14.1. The molecule has 0 spiro atoms. The van der Waals surface area contributed by atoms with E-state index >= 15 is 0 Å². The number of H-pyrrole nitrogens is 2. The third-order valence-corrected chi connectivity index (χ3v) is 11.7. The summed E-state index contributed by atoms with van der Waals surface area (Å²) in [5.41, 5.74) is 14.8. The lowest BCUT2D eigenvalue weighted by molar-refractivity contribution is -0.134. The molecule has 0 fully saturated rings. The van der Waals surface area contributed by atoms with Gasteiger partial charge in [0.25, 0.3) is 0 Å². The van der Waals surface area contributed by atoms with E-state index in [9.17, 15) is 38.4 Å².